The highest BCUT2D eigenvalue weighted by molar-refractivity contribution is 5.81. The summed E-state index contributed by atoms with van der Waals surface area (Å²) in [6.45, 7) is 0. The van der Waals surface area contributed by atoms with Crippen LogP contribution in [0, 0.1) is 10.1 Å². The number of nitrogens with zero attached hydrogens (tertiary/aromatic N) is 3. The molecule has 1 N–H and O–H groups in total. The van der Waals surface area contributed by atoms with Crippen LogP contribution in [0.5, 0.6) is 0 Å². The number of rotatable bonds is 5. The van der Waals surface area contributed by atoms with Gasteiger partial charge in [0.15, 0.2) is 0 Å². The third-order valence-electron chi connectivity index (χ3n) is 3.66. The highest BCUT2D eigenvalue weighted by Gasteiger charge is 2.22. The van der Waals surface area contributed by atoms with Crippen molar-refractivity contribution in [2.24, 2.45) is 0 Å². The molecule has 116 valence electrons. The van der Waals surface area contributed by atoms with Gasteiger partial charge in [-0.05, 0) is 11.6 Å². The van der Waals surface area contributed by atoms with Crippen LogP contribution in [-0.2, 0) is 11.2 Å². The molecule has 1 aromatic heterocycles. The van der Waals surface area contributed by atoms with Gasteiger partial charge < -0.3 is 9.67 Å². The van der Waals surface area contributed by atoms with E-state index < -0.39 is 16.9 Å². The second-order valence-corrected chi connectivity index (χ2v) is 5.13. The van der Waals surface area contributed by atoms with Crippen molar-refractivity contribution in [3.63, 3.8) is 0 Å². The van der Waals surface area contributed by atoms with Crippen LogP contribution in [0.25, 0.3) is 11.0 Å². The molecule has 0 aliphatic carbocycles. The van der Waals surface area contributed by atoms with E-state index in [1.165, 1.54) is 29.1 Å². The molecule has 0 bridgehead atoms. The van der Waals surface area contributed by atoms with Gasteiger partial charge in [-0.15, -0.1) is 0 Å². The van der Waals surface area contributed by atoms with E-state index in [1.807, 2.05) is 30.3 Å². The molecule has 7 heteroatoms. The fourth-order valence-corrected chi connectivity index (χ4v) is 2.52. The Bertz CT molecular complexity index is 873. The zero-order valence-electron chi connectivity index (χ0n) is 12.0. The molecule has 7 nitrogen and oxygen atoms in total. The number of aromatic nitrogens is 2. The SMILES string of the molecule is O=C(O)C(Cc1ccccc1)n1cnc2cc([N+](=O)[O-])ccc21. The Morgan fingerprint density at radius 3 is 2.65 bits per heavy atom. The standard InChI is InChI=1S/C16H13N3O4/c20-16(21)15(8-11-4-2-1-3-5-11)18-10-17-13-9-12(19(22)23)6-7-14(13)18/h1-7,9-10,15H,8H2,(H,20,21). The Hall–Kier alpha value is -3.22. The molecule has 1 heterocycles. The zero-order valence-corrected chi connectivity index (χ0v) is 12.0. The van der Waals surface area contributed by atoms with Crippen LogP contribution in [0.15, 0.2) is 54.9 Å². The van der Waals surface area contributed by atoms with Crippen molar-refractivity contribution in [3.05, 3.63) is 70.5 Å². The molecule has 0 radical (unpaired) electrons. The van der Waals surface area contributed by atoms with Gasteiger partial charge in [0.05, 0.1) is 22.3 Å². The third kappa shape index (κ3) is 2.89. The van der Waals surface area contributed by atoms with Gasteiger partial charge in [0.1, 0.15) is 6.04 Å². The van der Waals surface area contributed by atoms with E-state index in [2.05, 4.69) is 4.98 Å². The molecule has 3 rings (SSSR count). The number of imidazole rings is 1. The lowest BCUT2D eigenvalue weighted by Crippen LogP contribution is -2.20. The summed E-state index contributed by atoms with van der Waals surface area (Å²) in [5.41, 5.74) is 1.78. The Labute approximate surface area is 131 Å². The van der Waals surface area contributed by atoms with Gasteiger partial charge in [-0.2, -0.15) is 0 Å². The summed E-state index contributed by atoms with van der Waals surface area (Å²) < 4.78 is 1.54. The smallest absolute Gasteiger partial charge is 0.327 e. The number of carbonyl (C=O) groups is 1. The number of hydrogen-bond acceptors (Lipinski definition) is 4. The third-order valence-corrected chi connectivity index (χ3v) is 3.66. The summed E-state index contributed by atoms with van der Waals surface area (Å²) in [7, 11) is 0. The molecule has 23 heavy (non-hydrogen) atoms. The average Bonchev–Trinajstić information content (AvgIpc) is 2.96. The summed E-state index contributed by atoms with van der Waals surface area (Å²) in [5.74, 6) is -0.980. The van der Waals surface area contributed by atoms with Gasteiger partial charge in [0, 0.05) is 18.6 Å². The highest BCUT2D eigenvalue weighted by atomic mass is 16.6. The number of carboxylic acids is 1. The number of non-ortho nitro benzene ring substituents is 1. The van der Waals surface area contributed by atoms with Gasteiger partial charge >= 0.3 is 5.97 Å². The van der Waals surface area contributed by atoms with E-state index in [0.29, 0.717) is 17.5 Å². The minimum Gasteiger partial charge on any atom is -0.480 e. The van der Waals surface area contributed by atoms with Crippen molar-refractivity contribution in [2.45, 2.75) is 12.5 Å². The number of nitro benzene ring substituents is 1. The highest BCUT2D eigenvalue weighted by Crippen LogP contribution is 2.24. The molecule has 0 amide bonds. The first kappa shape index (κ1) is 14.7. The molecule has 1 unspecified atom stereocenters. The van der Waals surface area contributed by atoms with Gasteiger partial charge in [-0.3, -0.25) is 10.1 Å². The van der Waals surface area contributed by atoms with Gasteiger partial charge in [0.2, 0.25) is 0 Å². The molecule has 2 aromatic carbocycles. The summed E-state index contributed by atoms with van der Waals surface area (Å²) in [6, 6.07) is 12.7. The van der Waals surface area contributed by atoms with Crippen LogP contribution in [-0.4, -0.2) is 25.6 Å². The molecule has 0 spiro atoms. The van der Waals surface area contributed by atoms with Crippen LogP contribution in [0.2, 0.25) is 0 Å². The minimum absolute atomic E-state index is 0.0716. The maximum absolute atomic E-state index is 11.7. The van der Waals surface area contributed by atoms with E-state index in [-0.39, 0.29) is 5.69 Å². The molecule has 3 aromatic rings. The second kappa shape index (κ2) is 5.88. The maximum atomic E-state index is 11.7. The van der Waals surface area contributed by atoms with Gasteiger partial charge in [-0.1, -0.05) is 30.3 Å². The van der Waals surface area contributed by atoms with E-state index in [0.717, 1.165) is 5.56 Å². The average molecular weight is 311 g/mol. The molecule has 0 aliphatic heterocycles. The van der Waals surface area contributed by atoms with Crippen molar-refractivity contribution >= 4 is 22.7 Å². The number of nitro groups is 1. The fraction of sp³-hybridized carbons (Fsp3) is 0.125. The first-order valence-corrected chi connectivity index (χ1v) is 6.94. The van der Waals surface area contributed by atoms with Crippen molar-refractivity contribution in [3.8, 4) is 0 Å². The Morgan fingerprint density at radius 1 is 1.26 bits per heavy atom. The van der Waals surface area contributed by atoms with E-state index in [1.54, 1.807) is 0 Å². The molecule has 0 saturated heterocycles. The van der Waals surface area contributed by atoms with Crippen LogP contribution in [0.1, 0.15) is 11.6 Å². The fourth-order valence-electron chi connectivity index (χ4n) is 2.52. The molecule has 0 saturated carbocycles. The van der Waals surface area contributed by atoms with Crippen molar-refractivity contribution in [1.29, 1.82) is 0 Å². The summed E-state index contributed by atoms with van der Waals surface area (Å²) in [5, 5.41) is 20.4. The summed E-state index contributed by atoms with van der Waals surface area (Å²) in [4.78, 5) is 26.1. The lowest BCUT2D eigenvalue weighted by molar-refractivity contribution is -0.384. The number of benzene rings is 2. The molecule has 0 aliphatic rings. The largest absolute Gasteiger partial charge is 0.480 e. The van der Waals surface area contributed by atoms with Crippen molar-refractivity contribution in [2.75, 3.05) is 0 Å². The van der Waals surface area contributed by atoms with E-state index in [9.17, 15) is 20.0 Å². The Balaban J connectivity index is 2.01. The van der Waals surface area contributed by atoms with Gasteiger partial charge in [-0.25, -0.2) is 9.78 Å². The normalized spacial score (nSPS) is 12.2. The van der Waals surface area contributed by atoms with Crippen molar-refractivity contribution < 1.29 is 14.8 Å². The predicted octanol–water partition coefficient (Wildman–Crippen LogP) is 2.81. The molecular formula is C16H13N3O4. The lowest BCUT2D eigenvalue weighted by Gasteiger charge is -2.15. The summed E-state index contributed by atoms with van der Waals surface area (Å²) in [6.07, 6.45) is 1.72. The minimum atomic E-state index is -0.980. The molecular weight excluding hydrogens is 298 g/mol. The number of carboxylic acid groups (broad SMARTS) is 1. The monoisotopic (exact) mass is 311 g/mol. The Kier molecular flexibility index (Phi) is 3.76. The first-order chi connectivity index (χ1) is 11.1. The molecule has 0 fully saturated rings. The zero-order chi connectivity index (χ0) is 16.4. The number of aliphatic carboxylic acids is 1. The Morgan fingerprint density at radius 2 is 2.00 bits per heavy atom. The molecule has 1 atom stereocenters. The van der Waals surface area contributed by atoms with Gasteiger partial charge in [0.25, 0.3) is 5.69 Å². The summed E-state index contributed by atoms with van der Waals surface area (Å²) >= 11 is 0. The quantitative estimate of drug-likeness (QED) is 0.577. The topological polar surface area (TPSA) is 98.3 Å². The van der Waals surface area contributed by atoms with E-state index >= 15 is 0 Å². The van der Waals surface area contributed by atoms with E-state index in [4.69, 9.17) is 0 Å². The van der Waals surface area contributed by atoms with Crippen molar-refractivity contribution in [1.82, 2.24) is 9.55 Å². The number of hydrogen-bond donors (Lipinski definition) is 1. The number of fused-ring (bicyclic) bond motifs is 1. The second-order valence-electron chi connectivity index (χ2n) is 5.13. The maximum Gasteiger partial charge on any atom is 0.327 e. The first-order valence-electron chi connectivity index (χ1n) is 6.94. The van der Waals surface area contributed by atoms with Crippen LogP contribution in [0.4, 0.5) is 5.69 Å². The lowest BCUT2D eigenvalue weighted by atomic mass is 10.1. The van der Waals surface area contributed by atoms with Crippen LogP contribution >= 0.6 is 0 Å². The van der Waals surface area contributed by atoms with Crippen LogP contribution in [0.3, 0.4) is 0 Å². The van der Waals surface area contributed by atoms with Crippen LogP contribution < -0.4 is 0 Å². The predicted molar refractivity (Wildman–Crippen MR) is 83.2 cm³/mol.